The van der Waals surface area contributed by atoms with Crippen LogP contribution in [0.3, 0.4) is 0 Å². The van der Waals surface area contributed by atoms with Crippen molar-refractivity contribution in [3.63, 3.8) is 0 Å². The predicted octanol–water partition coefficient (Wildman–Crippen LogP) is 15.7. The Morgan fingerprint density at radius 3 is 1.52 bits per heavy atom. The van der Waals surface area contributed by atoms with E-state index in [0.29, 0.717) is 0 Å². The van der Waals surface area contributed by atoms with E-state index in [1.54, 1.807) is 0 Å². The molecule has 0 N–H and O–H groups in total. The maximum atomic E-state index is 4.46. The lowest BCUT2D eigenvalue weighted by Gasteiger charge is -2.35. The van der Waals surface area contributed by atoms with E-state index in [0.717, 1.165) is 17.1 Å². The molecule has 1 nitrogen and oxygen atoms in total. The van der Waals surface area contributed by atoms with Gasteiger partial charge in [-0.2, -0.15) is 0 Å². The third-order valence-electron chi connectivity index (χ3n) is 12.9. The van der Waals surface area contributed by atoms with E-state index >= 15 is 0 Å². The number of rotatable bonds is 9. The number of hydrogen-bond donors (Lipinski definition) is 0. The van der Waals surface area contributed by atoms with E-state index < -0.39 is 5.41 Å². The second-order valence-electron chi connectivity index (χ2n) is 16.5. The van der Waals surface area contributed by atoms with Crippen LogP contribution in [0.15, 0.2) is 231 Å². The van der Waals surface area contributed by atoms with Gasteiger partial charge in [-0.15, -0.1) is 0 Å². The lowest BCUT2D eigenvalue weighted by Crippen LogP contribution is -2.29. The minimum atomic E-state index is -0.571. The molecular formula is C59H47N. The molecule has 0 spiro atoms. The Bertz CT molecular complexity index is 2890. The summed E-state index contributed by atoms with van der Waals surface area (Å²) in [7, 11) is 0. The van der Waals surface area contributed by atoms with Crippen LogP contribution in [0.25, 0.3) is 39.0 Å². The van der Waals surface area contributed by atoms with Crippen molar-refractivity contribution >= 4 is 22.6 Å². The highest BCUT2D eigenvalue weighted by molar-refractivity contribution is 5.94. The number of fused-ring (bicyclic) bond motifs is 4. The quantitative estimate of drug-likeness (QED) is 0.141. The van der Waals surface area contributed by atoms with E-state index in [-0.39, 0.29) is 5.41 Å². The highest BCUT2D eigenvalue weighted by Crippen LogP contribution is 2.57. The zero-order valence-corrected chi connectivity index (χ0v) is 34.4. The van der Waals surface area contributed by atoms with Gasteiger partial charge in [0.05, 0.1) is 5.41 Å². The van der Waals surface area contributed by atoms with Crippen LogP contribution < -0.4 is 4.90 Å². The Kier molecular flexibility index (Phi) is 9.18. The van der Waals surface area contributed by atoms with Crippen molar-refractivity contribution in [2.24, 2.45) is 0 Å². The van der Waals surface area contributed by atoms with Crippen molar-refractivity contribution < 1.29 is 0 Å². The second kappa shape index (κ2) is 14.9. The summed E-state index contributed by atoms with van der Waals surface area (Å²) in [6, 6.07) is 73.5. The third-order valence-corrected chi connectivity index (χ3v) is 12.9. The number of allylic oxidation sites excluding steroid dienone is 5. The molecule has 0 fully saturated rings. The predicted molar refractivity (Wildman–Crippen MR) is 254 cm³/mol. The number of hydrogen-bond acceptors (Lipinski definition) is 1. The van der Waals surface area contributed by atoms with Crippen molar-refractivity contribution in [1.29, 1.82) is 0 Å². The van der Waals surface area contributed by atoms with Crippen molar-refractivity contribution in [3.8, 4) is 33.4 Å². The molecule has 0 bridgehead atoms. The Morgan fingerprint density at radius 2 is 0.917 bits per heavy atom. The van der Waals surface area contributed by atoms with Gasteiger partial charge in [0.15, 0.2) is 0 Å². The molecule has 2 aliphatic carbocycles. The average Bonchev–Trinajstić information content (AvgIpc) is 3.72. The first-order valence-corrected chi connectivity index (χ1v) is 21.0. The van der Waals surface area contributed by atoms with Crippen LogP contribution in [-0.2, 0) is 10.8 Å². The van der Waals surface area contributed by atoms with Gasteiger partial charge in [-0.05, 0) is 127 Å². The second-order valence-corrected chi connectivity index (χ2v) is 16.5. The van der Waals surface area contributed by atoms with E-state index in [2.05, 4.69) is 251 Å². The molecule has 0 radical (unpaired) electrons. The summed E-state index contributed by atoms with van der Waals surface area (Å²) in [6.45, 7) is 11.3. The van der Waals surface area contributed by atoms with Crippen molar-refractivity contribution in [2.75, 3.05) is 4.90 Å². The first-order valence-electron chi connectivity index (χ1n) is 21.0. The molecule has 0 aromatic heterocycles. The summed E-state index contributed by atoms with van der Waals surface area (Å²) in [5.74, 6) is 0. The summed E-state index contributed by atoms with van der Waals surface area (Å²) in [6.07, 6.45) is 6.47. The molecule has 8 aromatic rings. The molecule has 0 saturated carbocycles. The van der Waals surface area contributed by atoms with Crippen LogP contribution >= 0.6 is 0 Å². The minimum absolute atomic E-state index is 0.0556. The van der Waals surface area contributed by atoms with Gasteiger partial charge in [-0.1, -0.05) is 196 Å². The fourth-order valence-corrected chi connectivity index (χ4v) is 10.1. The van der Waals surface area contributed by atoms with Gasteiger partial charge in [-0.3, -0.25) is 0 Å². The van der Waals surface area contributed by atoms with Gasteiger partial charge in [-0.25, -0.2) is 0 Å². The monoisotopic (exact) mass is 769 g/mol. The molecule has 1 heteroatoms. The van der Waals surface area contributed by atoms with Gasteiger partial charge < -0.3 is 4.90 Å². The summed E-state index contributed by atoms with van der Waals surface area (Å²) < 4.78 is 0. The van der Waals surface area contributed by atoms with E-state index in [1.165, 1.54) is 77.9 Å². The molecule has 0 heterocycles. The Morgan fingerprint density at radius 1 is 0.433 bits per heavy atom. The SMILES string of the molecule is C=CC1=C(/C=C\C)c2ccc(N(c3ccc(-c4ccccc4)cc3)c3ccc(-c4ccc5c(c4)C(C)(C)c4ccccc4-5)cc3)cc2C1(c1ccccc1)c1ccccc1. The van der Waals surface area contributed by atoms with Gasteiger partial charge in [0.25, 0.3) is 0 Å². The molecular weight excluding hydrogens is 723 g/mol. The molecule has 10 rings (SSSR count). The van der Waals surface area contributed by atoms with Gasteiger partial charge in [0.2, 0.25) is 0 Å². The van der Waals surface area contributed by atoms with Crippen LogP contribution in [0.5, 0.6) is 0 Å². The molecule has 0 atom stereocenters. The van der Waals surface area contributed by atoms with Gasteiger partial charge in [0, 0.05) is 22.5 Å². The van der Waals surface area contributed by atoms with Gasteiger partial charge >= 0.3 is 0 Å². The Hall–Kier alpha value is -7.22. The number of nitrogens with zero attached hydrogens (tertiary/aromatic N) is 1. The topological polar surface area (TPSA) is 3.24 Å². The summed E-state index contributed by atoms with van der Waals surface area (Å²) in [5, 5.41) is 0. The zero-order chi connectivity index (χ0) is 40.8. The number of anilines is 3. The lowest BCUT2D eigenvalue weighted by molar-refractivity contribution is 0.660. The van der Waals surface area contributed by atoms with Crippen molar-refractivity contribution in [2.45, 2.75) is 31.6 Å². The van der Waals surface area contributed by atoms with Crippen molar-refractivity contribution in [3.05, 3.63) is 264 Å². The molecule has 0 aliphatic heterocycles. The van der Waals surface area contributed by atoms with E-state index in [1.807, 2.05) is 0 Å². The van der Waals surface area contributed by atoms with Crippen LogP contribution in [0.2, 0.25) is 0 Å². The van der Waals surface area contributed by atoms with E-state index in [9.17, 15) is 0 Å². The van der Waals surface area contributed by atoms with Crippen molar-refractivity contribution in [1.82, 2.24) is 0 Å². The fraction of sp³-hybridized carbons (Fsp3) is 0.0847. The maximum Gasteiger partial charge on any atom is 0.0714 e. The average molecular weight is 770 g/mol. The van der Waals surface area contributed by atoms with Crippen LogP contribution in [0.4, 0.5) is 17.1 Å². The van der Waals surface area contributed by atoms with Crippen LogP contribution in [0.1, 0.15) is 54.2 Å². The molecule has 8 aromatic carbocycles. The van der Waals surface area contributed by atoms with Crippen LogP contribution in [-0.4, -0.2) is 0 Å². The highest BCUT2D eigenvalue weighted by atomic mass is 15.1. The molecule has 2 aliphatic rings. The molecule has 0 unspecified atom stereocenters. The number of benzene rings is 8. The zero-order valence-electron chi connectivity index (χ0n) is 34.4. The normalized spacial score (nSPS) is 14.4. The first-order chi connectivity index (χ1) is 29.4. The Balaban J connectivity index is 1.14. The third kappa shape index (κ3) is 5.84. The minimum Gasteiger partial charge on any atom is -0.310 e. The summed E-state index contributed by atoms with van der Waals surface area (Å²) in [5.41, 5.74) is 20.2. The smallest absolute Gasteiger partial charge is 0.0714 e. The maximum absolute atomic E-state index is 4.46. The molecule has 288 valence electrons. The molecule has 0 amide bonds. The summed E-state index contributed by atoms with van der Waals surface area (Å²) >= 11 is 0. The molecule has 60 heavy (non-hydrogen) atoms. The largest absolute Gasteiger partial charge is 0.310 e. The van der Waals surface area contributed by atoms with E-state index in [4.69, 9.17) is 0 Å². The highest BCUT2D eigenvalue weighted by Gasteiger charge is 2.46. The Labute approximate surface area is 355 Å². The standard InChI is InChI=1S/C59H47N/c1-5-18-50-53-38-36-49(40-57(53)59(54(50)6-2,45-21-12-8-13-22-45)46-23-14-9-15-24-46)60(47-32-27-42(28-33-47)41-19-10-7-11-20-41)48-34-29-43(30-35-48)44-31-37-52-51-25-16-17-26-55(51)58(3,4)56(52)39-44/h5-40H,2H2,1,3-4H3/b18-5-. The lowest BCUT2D eigenvalue weighted by atomic mass is 9.66. The van der Waals surface area contributed by atoms with Gasteiger partial charge in [0.1, 0.15) is 0 Å². The first kappa shape index (κ1) is 37.1. The molecule has 0 saturated heterocycles. The van der Waals surface area contributed by atoms with Crippen LogP contribution in [0, 0.1) is 0 Å². The summed E-state index contributed by atoms with van der Waals surface area (Å²) in [4.78, 5) is 2.41. The fourth-order valence-electron chi connectivity index (χ4n) is 10.1.